The van der Waals surface area contributed by atoms with Crippen LogP contribution in [0.3, 0.4) is 0 Å². The zero-order valence-corrected chi connectivity index (χ0v) is 23.9. The molecule has 2 aromatic rings. The van der Waals surface area contributed by atoms with E-state index in [1.165, 1.54) is 24.4 Å². The van der Waals surface area contributed by atoms with Gasteiger partial charge in [0.1, 0.15) is 50.5 Å². The molecule has 40 heavy (non-hydrogen) atoms. The monoisotopic (exact) mass is 578 g/mol. The second kappa shape index (κ2) is 10.4. The van der Waals surface area contributed by atoms with Gasteiger partial charge < -0.3 is 14.8 Å². The van der Waals surface area contributed by atoms with Crippen molar-refractivity contribution >= 4 is 33.4 Å². The number of aromatic nitrogens is 2. The number of alkyl halides is 1. The third kappa shape index (κ3) is 5.36. The van der Waals surface area contributed by atoms with Crippen molar-refractivity contribution in [3.05, 3.63) is 47.7 Å². The van der Waals surface area contributed by atoms with E-state index >= 15 is 4.39 Å². The van der Waals surface area contributed by atoms with Gasteiger partial charge in [-0.15, -0.1) is 0 Å². The van der Waals surface area contributed by atoms with E-state index in [1.54, 1.807) is 41.5 Å². The van der Waals surface area contributed by atoms with Gasteiger partial charge in [-0.05, 0) is 72.2 Å². The lowest BCUT2D eigenvalue weighted by Crippen LogP contribution is -2.61. The molecule has 2 aromatic heterocycles. The number of alkyl carbamates (subject to hydrolysis) is 1. The molecule has 0 fully saturated rings. The summed E-state index contributed by atoms with van der Waals surface area (Å²) in [7, 11) is -3.09. The van der Waals surface area contributed by atoms with Crippen molar-refractivity contribution in [2.75, 3.05) is 18.7 Å². The van der Waals surface area contributed by atoms with E-state index < -0.39 is 55.5 Å². The van der Waals surface area contributed by atoms with Crippen LogP contribution in [0.25, 0.3) is 0 Å². The molecule has 2 aliphatic rings. The van der Waals surface area contributed by atoms with Gasteiger partial charge in [0.25, 0.3) is 5.91 Å². The zero-order valence-electron chi connectivity index (χ0n) is 23.1. The minimum Gasteiger partial charge on any atom is -0.461 e. The second-order valence-corrected chi connectivity index (χ2v) is 14.0. The normalized spacial score (nSPS) is 25.2. The SMILES string of the molecule is CC(C)(C)OC(=O)NC1=N[C@](C)(c2nc(NC(=O)c3ccc(OCF)cn3)ccc2F)[C@@H]2CCN=S2(=O)C1(C)C. The Balaban J connectivity index is 1.73. The van der Waals surface area contributed by atoms with E-state index in [2.05, 4.69) is 29.7 Å². The first kappa shape index (κ1) is 29.3. The molecular formula is C26H32F2N6O5S. The maximum Gasteiger partial charge on any atom is 0.413 e. The number of fused-ring (bicyclic) bond motifs is 1. The van der Waals surface area contributed by atoms with Gasteiger partial charge in [-0.25, -0.2) is 32.1 Å². The Labute approximate surface area is 231 Å². The first-order valence-corrected chi connectivity index (χ1v) is 14.1. The number of hydrogen-bond donors (Lipinski definition) is 2. The van der Waals surface area contributed by atoms with Crippen molar-refractivity contribution in [2.45, 2.75) is 69.1 Å². The molecular weight excluding hydrogens is 546 g/mol. The summed E-state index contributed by atoms with van der Waals surface area (Å²) in [6.07, 6.45) is 0.749. The lowest BCUT2D eigenvalue weighted by molar-refractivity contribution is 0.0560. The van der Waals surface area contributed by atoms with Crippen LogP contribution in [0.2, 0.25) is 0 Å². The average Bonchev–Trinajstić information content (AvgIpc) is 3.28. The topological polar surface area (TPSA) is 144 Å². The Morgan fingerprint density at radius 1 is 1.15 bits per heavy atom. The van der Waals surface area contributed by atoms with Crippen LogP contribution in [0.1, 0.15) is 64.1 Å². The van der Waals surface area contributed by atoms with Crippen LogP contribution >= 0.6 is 0 Å². The number of nitrogens with zero attached hydrogens (tertiary/aromatic N) is 4. The lowest BCUT2D eigenvalue weighted by Gasteiger charge is -2.44. The fourth-order valence-corrected chi connectivity index (χ4v) is 7.91. The molecule has 1 unspecified atom stereocenters. The van der Waals surface area contributed by atoms with Crippen LogP contribution in [0.5, 0.6) is 5.75 Å². The van der Waals surface area contributed by atoms with E-state index in [4.69, 9.17) is 9.73 Å². The number of halogens is 2. The van der Waals surface area contributed by atoms with E-state index in [0.29, 0.717) is 6.42 Å². The van der Waals surface area contributed by atoms with Crippen molar-refractivity contribution in [1.29, 1.82) is 0 Å². The van der Waals surface area contributed by atoms with Gasteiger partial charge in [-0.2, -0.15) is 0 Å². The number of carbonyl (C=O) groups excluding carboxylic acids is 2. The fourth-order valence-electron chi connectivity index (χ4n) is 4.74. The highest BCUT2D eigenvalue weighted by Gasteiger charge is 2.58. The molecule has 11 nitrogen and oxygen atoms in total. The summed E-state index contributed by atoms with van der Waals surface area (Å²) in [5.74, 6) is -1.21. The minimum atomic E-state index is -3.09. The Morgan fingerprint density at radius 2 is 1.88 bits per heavy atom. The molecule has 216 valence electrons. The summed E-state index contributed by atoms with van der Waals surface area (Å²) in [6, 6.07) is 5.11. The molecule has 2 N–H and O–H groups in total. The molecule has 14 heteroatoms. The van der Waals surface area contributed by atoms with Crippen molar-refractivity contribution in [3.8, 4) is 5.75 Å². The highest BCUT2D eigenvalue weighted by Crippen LogP contribution is 2.47. The first-order chi connectivity index (χ1) is 18.6. The average molecular weight is 579 g/mol. The maximum absolute atomic E-state index is 15.4. The summed E-state index contributed by atoms with van der Waals surface area (Å²) >= 11 is 0. The van der Waals surface area contributed by atoms with Gasteiger partial charge in [-0.1, -0.05) is 0 Å². The number of amidine groups is 1. The van der Waals surface area contributed by atoms with E-state index in [-0.39, 0.29) is 35.3 Å². The highest BCUT2D eigenvalue weighted by atomic mass is 32.2. The molecule has 0 aliphatic carbocycles. The Bertz CT molecular complexity index is 1480. The summed E-state index contributed by atoms with van der Waals surface area (Å²) in [6.45, 7) is 9.27. The number of aliphatic imine (C=N–C) groups is 1. The Hall–Kier alpha value is -3.68. The quantitative estimate of drug-likeness (QED) is 0.537. The van der Waals surface area contributed by atoms with Crippen LogP contribution in [0.15, 0.2) is 39.8 Å². The Morgan fingerprint density at radius 3 is 2.50 bits per heavy atom. The van der Waals surface area contributed by atoms with Crippen LogP contribution in [0, 0.1) is 5.82 Å². The lowest BCUT2D eigenvalue weighted by atomic mass is 9.89. The van der Waals surface area contributed by atoms with Crippen LogP contribution in [-0.2, 0) is 20.0 Å². The summed E-state index contributed by atoms with van der Waals surface area (Å²) in [5.41, 5.74) is -2.49. The van der Waals surface area contributed by atoms with E-state index in [9.17, 15) is 18.2 Å². The fraction of sp³-hybridized carbons (Fsp3) is 0.500. The number of amides is 2. The highest BCUT2D eigenvalue weighted by molar-refractivity contribution is 7.96. The zero-order chi connectivity index (χ0) is 29.5. The van der Waals surface area contributed by atoms with Crippen LogP contribution in [0.4, 0.5) is 19.4 Å². The number of nitrogens with one attached hydrogen (secondary N) is 2. The Kier molecular flexibility index (Phi) is 7.60. The van der Waals surface area contributed by atoms with Gasteiger partial charge >= 0.3 is 6.09 Å². The molecule has 0 saturated heterocycles. The largest absolute Gasteiger partial charge is 0.461 e. The minimum absolute atomic E-state index is 0.00312. The van der Waals surface area contributed by atoms with E-state index in [1.807, 2.05) is 0 Å². The number of ether oxygens (including phenoxy) is 2. The number of carbonyl (C=O) groups is 2. The van der Waals surface area contributed by atoms with Gasteiger partial charge in [0, 0.05) is 6.54 Å². The van der Waals surface area contributed by atoms with Crippen molar-refractivity contribution in [2.24, 2.45) is 9.36 Å². The molecule has 2 amide bonds. The first-order valence-electron chi connectivity index (χ1n) is 12.6. The molecule has 0 radical (unpaired) electrons. The van der Waals surface area contributed by atoms with Crippen LogP contribution < -0.4 is 15.4 Å². The molecule has 4 heterocycles. The van der Waals surface area contributed by atoms with Gasteiger partial charge in [0.15, 0.2) is 0 Å². The third-order valence-electron chi connectivity index (χ3n) is 6.71. The molecule has 0 saturated carbocycles. The second-order valence-electron chi connectivity index (χ2n) is 11.1. The molecule has 4 rings (SSSR count). The van der Waals surface area contributed by atoms with Crippen molar-refractivity contribution in [1.82, 2.24) is 15.3 Å². The van der Waals surface area contributed by atoms with Crippen molar-refractivity contribution < 1.29 is 32.1 Å². The number of anilines is 1. The number of pyridine rings is 2. The molecule has 0 aromatic carbocycles. The number of hydrogen-bond acceptors (Lipinski definition) is 9. The van der Waals surface area contributed by atoms with Gasteiger partial charge in [0.05, 0.1) is 21.2 Å². The molecule has 0 bridgehead atoms. The van der Waals surface area contributed by atoms with Crippen molar-refractivity contribution in [3.63, 3.8) is 0 Å². The van der Waals surface area contributed by atoms with Gasteiger partial charge in [-0.3, -0.25) is 15.1 Å². The maximum atomic E-state index is 15.4. The number of rotatable bonds is 5. The predicted molar refractivity (Wildman–Crippen MR) is 145 cm³/mol. The molecule has 2 aliphatic heterocycles. The summed E-state index contributed by atoms with van der Waals surface area (Å²) in [4.78, 5) is 38.5. The standard InChI is InChI=1S/C26H32F2N6O5S/c1-24(2,3)39-23(36)33-22-25(4,5)40(37)18(11-12-30-40)26(6,34-22)20-16(28)8-10-19(31-20)32-21(35)17-9-7-15(13-29-17)38-14-27/h7-10,13,18H,11-12,14H2,1-6H3,(H,31,32,35)(H,33,34,36)/t18-,26-,40?/m0/s1. The van der Waals surface area contributed by atoms with Gasteiger partial charge in [0.2, 0.25) is 6.86 Å². The molecule has 0 spiro atoms. The van der Waals surface area contributed by atoms with E-state index in [0.717, 1.165) is 6.07 Å². The molecule has 3 atom stereocenters. The third-order valence-corrected chi connectivity index (χ3v) is 10.4. The smallest absolute Gasteiger partial charge is 0.413 e. The summed E-state index contributed by atoms with van der Waals surface area (Å²) in [5, 5.41) is 4.45. The predicted octanol–water partition coefficient (Wildman–Crippen LogP) is 4.34. The summed E-state index contributed by atoms with van der Waals surface area (Å²) < 4.78 is 55.5. The van der Waals surface area contributed by atoms with Crippen LogP contribution in [-0.4, -0.2) is 61.0 Å².